The van der Waals surface area contributed by atoms with Crippen LogP contribution in [0.5, 0.6) is 0 Å². The summed E-state index contributed by atoms with van der Waals surface area (Å²) >= 11 is 0. The fourth-order valence-electron chi connectivity index (χ4n) is 2.57. The van der Waals surface area contributed by atoms with Gasteiger partial charge >= 0.3 is 0 Å². The summed E-state index contributed by atoms with van der Waals surface area (Å²) in [6, 6.07) is 11.4. The van der Waals surface area contributed by atoms with Crippen molar-refractivity contribution in [1.82, 2.24) is 10.6 Å². The first-order valence-electron chi connectivity index (χ1n) is 6.99. The van der Waals surface area contributed by atoms with Gasteiger partial charge in [-0.25, -0.2) is 0 Å². The van der Waals surface area contributed by atoms with Crippen LogP contribution in [0.1, 0.15) is 23.2 Å². The maximum atomic E-state index is 12.4. The lowest BCUT2D eigenvalue weighted by Gasteiger charge is -2.23. The van der Waals surface area contributed by atoms with Gasteiger partial charge in [0.15, 0.2) is 0 Å². The highest BCUT2D eigenvalue weighted by atomic mass is 16.2. The van der Waals surface area contributed by atoms with Crippen LogP contribution in [-0.4, -0.2) is 24.4 Å². The summed E-state index contributed by atoms with van der Waals surface area (Å²) in [6.07, 6.45) is 1.10. The number of hydrogen-bond donors (Lipinski definition) is 3. The first-order valence-corrected chi connectivity index (χ1v) is 6.99. The smallest absolute Gasteiger partial charge is 0.253 e. The molecule has 0 bridgehead atoms. The molecule has 2 aromatic carbocycles. The molecule has 0 aromatic heterocycles. The van der Waals surface area contributed by atoms with Crippen molar-refractivity contribution in [2.24, 2.45) is 0 Å². The molecule has 2 amide bonds. The Balaban J connectivity index is 1.81. The summed E-state index contributed by atoms with van der Waals surface area (Å²) in [6.45, 7) is 0.470. The van der Waals surface area contributed by atoms with Crippen molar-refractivity contribution in [2.75, 3.05) is 12.3 Å². The van der Waals surface area contributed by atoms with Crippen LogP contribution in [0.3, 0.4) is 0 Å². The molecule has 1 unspecified atom stereocenters. The van der Waals surface area contributed by atoms with E-state index >= 15 is 0 Å². The standard InChI is InChI=1S/C16H17N3O2/c17-14-8-11-4-2-1-3-10(11)7-13(14)16(21)19-12-5-6-15(20)18-9-12/h1-4,7-8,12H,5-6,9,17H2,(H,18,20)(H,19,21). The van der Waals surface area contributed by atoms with E-state index in [-0.39, 0.29) is 17.9 Å². The van der Waals surface area contributed by atoms with Gasteiger partial charge in [0.1, 0.15) is 0 Å². The highest BCUT2D eigenvalue weighted by molar-refractivity contribution is 6.04. The molecule has 1 fully saturated rings. The van der Waals surface area contributed by atoms with Crippen LogP contribution in [0.25, 0.3) is 10.8 Å². The summed E-state index contributed by atoms with van der Waals surface area (Å²) < 4.78 is 0. The van der Waals surface area contributed by atoms with Crippen molar-refractivity contribution < 1.29 is 9.59 Å². The highest BCUT2D eigenvalue weighted by Gasteiger charge is 2.21. The molecule has 0 saturated carbocycles. The number of amides is 2. The average molecular weight is 283 g/mol. The predicted octanol–water partition coefficient (Wildman–Crippen LogP) is 1.43. The quantitative estimate of drug-likeness (QED) is 0.729. The van der Waals surface area contributed by atoms with E-state index in [2.05, 4.69) is 10.6 Å². The van der Waals surface area contributed by atoms with Crippen LogP contribution in [-0.2, 0) is 4.79 Å². The van der Waals surface area contributed by atoms with Crippen molar-refractivity contribution >= 4 is 28.3 Å². The molecule has 0 aliphatic carbocycles. The first-order chi connectivity index (χ1) is 10.1. The molecule has 1 aliphatic rings. The summed E-state index contributed by atoms with van der Waals surface area (Å²) in [5, 5.41) is 7.67. The van der Waals surface area contributed by atoms with E-state index in [1.807, 2.05) is 30.3 Å². The van der Waals surface area contributed by atoms with Crippen molar-refractivity contribution in [3.63, 3.8) is 0 Å². The van der Waals surface area contributed by atoms with Gasteiger partial charge in [0.25, 0.3) is 5.91 Å². The number of fused-ring (bicyclic) bond motifs is 1. The second-order valence-corrected chi connectivity index (χ2v) is 5.30. The van der Waals surface area contributed by atoms with Gasteiger partial charge in [0.2, 0.25) is 5.91 Å². The van der Waals surface area contributed by atoms with Gasteiger partial charge in [-0.1, -0.05) is 24.3 Å². The molecule has 21 heavy (non-hydrogen) atoms. The van der Waals surface area contributed by atoms with E-state index in [9.17, 15) is 9.59 Å². The SMILES string of the molecule is Nc1cc2ccccc2cc1C(=O)NC1CCC(=O)NC1. The van der Waals surface area contributed by atoms with Crippen molar-refractivity contribution in [1.29, 1.82) is 0 Å². The molecule has 5 heteroatoms. The Morgan fingerprint density at radius 3 is 2.62 bits per heavy atom. The molecule has 1 aliphatic heterocycles. The van der Waals surface area contributed by atoms with Gasteiger partial charge < -0.3 is 16.4 Å². The minimum absolute atomic E-state index is 0.0331. The molecule has 2 aromatic rings. The molecule has 0 radical (unpaired) electrons. The minimum Gasteiger partial charge on any atom is -0.398 e. The van der Waals surface area contributed by atoms with E-state index in [1.165, 1.54) is 0 Å². The molecule has 1 atom stereocenters. The minimum atomic E-state index is -0.195. The number of carbonyl (C=O) groups is 2. The maximum Gasteiger partial charge on any atom is 0.253 e. The maximum absolute atomic E-state index is 12.4. The van der Waals surface area contributed by atoms with Crippen molar-refractivity contribution in [3.8, 4) is 0 Å². The third-order valence-electron chi connectivity index (χ3n) is 3.76. The number of nitrogens with one attached hydrogen (secondary N) is 2. The van der Waals surface area contributed by atoms with E-state index < -0.39 is 0 Å². The van der Waals surface area contributed by atoms with Gasteiger partial charge in [-0.15, -0.1) is 0 Å². The molecular formula is C16H17N3O2. The average Bonchev–Trinajstić information content (AvgIpc) is 2.49. The second-order valence-electron chi connectivity index (χ2n) is 5.30. The number of carbonyl (C=O) groups excluding carboxylic acids is 2. The Bertz CT molecular complexity index is 702. The van der Waals surface area contributed by atoms with Crippen LogP contribution in [0.2, 0.25) is 0 Å². The number of benzene rings is 2. The Hall–Kier alpha value is -2.56. The summed E-state index contributed by atoms with van der Waals surface area (Å²) in [5.74, 6) is -0.162. The third-order valence-corrected chi connectivity index (χ3v) is 3.76. The van der Waals surface area contributed by atoms with Crippen molar-refractivity contribution in [3.05, 3.63) is 42.0 Å². The number of hydrogen-bond acceptors (Lipinski definition) is 3. The van der Waals surface area contributed by atoms with Gasteiger partial charge in [-0.05, 0) is 29.3 Å². The summed E-state index contributed by atoms with van der Waals surface area (Å²) in [4.78, 5) is 23.5. The van der Waals surface area contributed by atoms with E-state index in [4.69, 9.17) is 5.73 Å². The number of nitrogen functional groups attached to an aromatic ring is 1. The zero-order chi connectivity index (χ0) is 14.8. The lowest BCUT2D eigenvalue weighted by Crippen LogP contribution is -2.47. The van der Waals surface area contributed by atoms with E-state index in [1.54, 1.807) is 6.07 Å². The molecular weight excluding hydrogens is 266 g/mol. The predicted molar refractivity (Wildman–Crippen MR) is 81.9 cm³/mol. The Morgan fingerprint density at radius 1 is 1.24 bits per heavy atom. The zero-order valence-electron chi connectivity index (χ0n) is 11.6. The molecule has 1 saturated heterocycles. The first kappa shape index (κ1) is 13.4. The van der Waals surface area contributed by atoms with Gasteiger partial charge in [-0.2, -0.15) is 0 Å². The molecule has 1 heterocycles. The summed E-state index contributed by atoms with van der Waals surface area (Å²) in [7, 11) is 0. The van der Waals surface area contributed by atoms with E-state index in [0.717, 1.165) is 10.8 Å². The normalized spacial score (nSPS) is 18.3. The van der Waals surface area contributed by atoms with Crippen LogP contribution in [0.15, 0.2) is 36.4 Å². The molecule has 108 valence electrons. The Labute approximate surface area is 122 Å². The lowest BCUT2D eigenvalue weighted by atomic mass is 10.0. The molecule has 4 N–H and O–H groups in total. The fourth-order valence-corrected chi connectivity index (χ4v) is 2.57. The lowest BCUT2D eigenvalue weighted by molar-refractivity contribution is -0.122. The zero-order valence-corrected chi connectivity index (χ0v) is 11.6. The second kappa shape index (κ2) is 5.44. The molecule has 0 spiro atoms. The van der Waals surface area contributed by atoms with Crippen LogP contribution < -0.4 is 16.4 Å². The fraction of sp³-hybridized carbons (Fsp3) is 0.250. The van der Waals surface area contributed by atoms with E-state index in [0.29, 0.717) is 30.6 Å². The Kier molecular flexibility index (Phi) is 3.48. The van der Waals surface area contributed by atoms with Crippen LogP contribution in [0.4, 0.5) is 5.69 Å². The topological polar surface area (TPSA) is 84.2 Å². The van der Waals surface area contributed by atoms with Crippen LogP contribution in [0, 0.1) is 0 Å². The number of piperidine rings is 1. The molecule has 5 nitrogen and oxygen atoms in total. The number of rotatable bonds is 2. The Morgan fingerprint density at radius 2 is 1.95 bits per heavy atom. The largest absolute Gasteiger partial charge is 0.398 e. The highest BCUT2D eigenvalue weighted by Crippen LogP contribution is 2.22. The van der Waals surface area contributed by atoms with Gasteiger partial charge in [-0.3, -0.25) is 9.59 Å². The van der Waals surface area contributed by atoms with Crippen molar-refractivity contribution in [2.45, 2.75) is 18.9 Å². The molecule has 3 rings (SSSR count). The number of nitrogens with two attached hydrogens (primary N) is 1. The van der Waals surface area contributed by atoms with Gasteiger partial charge in [0, 0.05) is 24.7 Å². The number of anilines is 1. The van der Waals surface area contributed by atoms with Gasteiger partial charge in [0.05, 0.1) is 5.56 Å². The monoisotopic (exact) mass is 283 g/mol. The van der Waals surface area contributed by atoms with Crippen LogP contribution >= 0.6 is 0 Å². The summed E-state index contributed by atoms with van der Waals surface area (Å²) in [5.41, 5.74) is 6.93. The third kappa shape index (κ3) is 2.81.